The van der Waals surface area contributed by atoms with Crippen LogP contribution in [0.25, 0.3) is 10.9 Å². The zero-order valence-corrected chi connectivity index (χ0v) is 10.1. The highest BCUT2D eigenvalue weighted by Gasteiger charge is 2.20. The van der Waals surface area contributed by atoms with Crippen LogP contribution in [0.2, 0.25) is 0 Å². The van der Waals surface area contributed by atoms with Crippen LogP contribution in [0.4, 0.5) is 15.8 Å². The van der Waals surface area contributed by atoms with Gasteiger partial charge in [0, 0.05) is 23.8 Å². The van der Waals surface area contributed by atoms with E-state index < -0.39 is 0 Å². The van der Waals surface area contributed by atoms with Crippen LogP contribution in [-0.4, -0.2) is 11.5 Å². The monoisotopic (exact) mass is 245 g/mol. The van der Waals surface area contributed by atoms with Gasteiger partial charge in [-0.15, -0.1) is 0 Å². The van der Waals surface area contributed by atoms with Crippen molar-refractivity contribution in [2.45, 2.75) is 19.3 Å². The Kier molecular flexibility index (Phi) is 2.78. The third-order valence-corrected chi connectivity index (χ3v) is 3.43. The highest BCUT2D eigenvalue weighted by atomic mass is 19.1. The highest BCUT2D eigenvalue weighted by Crippen LogP contribution is 2.33. The van der Waals surface area contributed by atoms with E-state index >= 15 is 0 Å². The third kappa shape index (κ3) is 2.10. The second-order valence-corrected chi connectivity index (χ2v) is 4.88. The van der Waals surface area contributed by atoms with Crippen molar-refractivity contribution < 1.29 is 4.39 Å². The van der Waals surface area contributed by atoms with E-state index in [9.17, 15) is 4.39 Å². The Morgan fingerprint density at radius 3 is 3.06 bits per heavy atom. The molecule has 1 aliphatic rings. The molecule has 18 heavy (non-hydrogen) atoms. The Morgan fingerprint density at radius 1 is 1.44 bits per heavy atom. The molecule has 0 bridgehead atoms. The average Bonchev–Trinajstić information content (AvgIpc) is 3.17. The summed E-state index contributed by atoms with van der Waals surface area (Å²) >= 11 is 0. The maximum Gasteiger partial charge on any atom is 0.150 e. The topological polar surface area (TPSA) is 50.9 Å². The second-order valence-electron chi connectivity index (χ2n) is 4.88. The molecule has 3 nitrogen and oxygen atoms in total. The van der Waals surface area contributed by atoms with E-state index in [4.69, 9.17) is 5.73 Å². The van der Waals surface area contributed by atoms with Crippen LogP contribution in [-0.2, 0) is 0 Å². The van der Waals surface area contributed by atoms with Gasteiger partial charge in [-0.05, 0) is 30.5 Å². The quantitative estimate of drug-likeness (QED) is 0.813. The molecule has 0 saturated heterocycles. The SMILES string of the molecule is Nc1cc(F)c(NCCC2CC2)c2ncccc12. The lowest BCUT2D eigenvalue weighted by molar-refractivity contribution is 0.630. The molecule has 94 valence electrons. The van der Waals surface area contributed by atoms with Gasteiger partial charge in [-0.25, -0.2) is 4.39 Å². The third-order valence-electron chi connectivity index (χ3n) is 3.43. The van der Waals surface area contributed by atoms with Crippen LogP contribution >= 0.6 is 0 Å². The van der Waals surface area contributed by atoms with Crippen molar-refractivity contribution >= 4 is 22.3 Å². The largest absolute Gasteiger partial charge is 0.398 e. The Balaban J connectivity index is 1.92. The molecule has 0 aliphatic heterocycles. The summed E-state index contributed by atoms with van der Waals surface area (Å²) in [6.45, 7) is 0.789. The lowest BCUT2D eigenvalue weighted by Crippen LogP contribution is -2.06. The Bertz CT molecular complexity index is 579. The standard InChI is InChI=1S/C14H16FN3/c15-11-8-12(16)10-2-1-6-17-13(10)14(11)18-7-5-9-3-4-9/h1-2,6,8-9,18H,3-5,7,16H2. The molecule has 0 atom stereocenters. The molecule has 1 aromatic carbocycles. The predicted molar refractivity (Wildman–Crippen MR) is 71.9 cm³/mol. The summed E-state index contributed by atoms with van der Waals surface area (Å²) in [5.41, 5.74) is 7.33. The fourth-order valence-corrected chi connectivity index (χ4v) is 2.21. The number of nitrogens with two attached hydrogens (primary N) is 1. The molecule has 1 heterocycles. The van der Waals surface area contributed by atoms with E-state index in [0.717, 1.165) is 24.3 Å². The van der Waals surface area contributed by atoms with Crippen molar-refractivity contribution in [3.63, 3.8) is 0 Å². The number of nitrogen functional groups attached to an aromatic ring is 1. The normalized spacial score (nSPS) is 14.9. The smallest absolute Gasteiger partial charge is 0.150 e. The van der Waals surface area contributed by atoms with Gasteiger partial charge in [-0.3, -0.25) is 4.98 Å². The zero-order chi connectivity index (χ0) is 12.5. The number of hydrogen-bond acceptors (Lipinski definition) is 3. The van der Waals surface area contributed by atoms with Crippen LogP contribution in [0.1, 0.15) is 19.3 Å². The van der Waals surface area contributed by atoms with Crippen LogP contribution < -0.4 is 11.1 Å². The Morgan fingerprint density at radius 2 is 2.28 bits per heavy atom. The first-order valence-corrected chi connectivity index (χ1v) is 6.32. The van der Waals surface area contributed by atoms with Gasteiger partial charge in [0.25, 0.3) is 0 Å². The van der Waals surface area contributed by atoms with Crippen LogP contribution in [0, 0.1) is 11.7 Å². The number of aromatic nitrogens is 1. The van der Waals surface area contributed by atoms with Gasteiger partial charge < -0.3 is 11.1 Å². The van der Waals surface area contributed by atoms with Crippen molar-refractivity contribution in [3.05, 3.63) is 30.2 Å². The molecular weight excluding hydrogens is 229 g/mol. The van der Waals surface area contributed by atoms with Gasteiger partial charge in [0.15, 0.2) is 5.82 Å². The summed E-state index contributed by atoms with van der Waals surface area (Å²) in [7, 11) is 0. The van der Waals surface area contributed by atoms with Gasteiger partial charge in [-0.2, -0.15) is 0 Å². The molecule has 1 aromatic heterocycles. The van der Waals surface area contributed by atoms with E-state index in [1.165, 1.54) is 18.9 Å². The summed E-state index contributed by atoms with van der Waals surface area (Å²) in [6, 6.07) is 5.04. The maximum absolute atomic E-state index is 13.9. The molecular formula is C14H16FN3. The molecule has 1 saturated carbocycles. The first-order valence-electron chi connectivity index (χ1n) is 6.32. The number of pyridine rings is 1. The summed E-state index contributed by atoms with van der Waals surface area (Å²) in [6.07, 6.45) is 5.38. The maximum atomic E-state index is 13.9. The highest BCUT2D eigenvalue weighted by molar-refractivity contribution is 5.98. The number of rotatable bonds is 4. The summed E-state index contributed by atoms with van der Waals surface area (Å²) in [5, 5.41) is 3.96. The molecule has 3 rings (SSSR count). The number of nitrogens with zero attached hydrogens (tertiary/aromatic N) is 1. The fraction of sp³-hybridized carbons (Fsp3) is 0.357. The number of hydrogen-bond donors (Lipinski definition) is 2. The molecule has 0 radical (unpaired) electrons. The number of benzene rings is 1. The van der Waals surface area contributed by atoms with Crippen molar-refractivity contribution in [1.82, 2.24) is 4.98 Å². The molecule has 2 aromatic rings. The van der Waals surface area contributed by atoms with Crippen LogP contribution in [0.15, 0.2) is 24.4 Å². The number of fused-ring (bicyclic) bond motifs is 1. The lowest BCUT2D eigenvalue weighted by atomic mass is 10.1. The Hall–Kier alpha value is -1.84. The molecule has 0 spiro atoms. The predicted octanol–water partition coefficient (Wildman–Crippen LogP) is 3.17. The van der Waals surface area contributed by atoms with Crippen molar-refractivity contribution in [2.75, 3.05) is 17.6 Å². The number of halogens is 1. The zero-order valence-electron chi connectivity index (χ0n) is 10.1. The first-order chi connectivity index (χ1) is 8.75. The summed E-state index contributed by atoms with van der Waals surface area (Å²) in [5.74, 6) is 0.503. The van der Waals surface area contributed by atoms with E-state index in [2.05, 4.69) is 10.3 Å². The van der Waals surface area contributed by atoms with Crippen LogP contribution in [0.3, 0.4) is 0 Å². The van der Waals surface area contributed by atoms with E-state index in [-0.39, 0.29) is 5.82 Å². The molecule has 3 N–H and O–H groups in total. The van der Waals surface area contributed by atoms with Crippen molar-refractivity contribution in [1.29, 1.82) is 0 Å². The van der Waals surface area contributed by atoms with Gasteiger partial charge in [0.2, 0.25) is 0 Å². The number of nitrogens with one attached hydrogen (secondary N) is 1. The molecule has 0 amide bonds. The summed E-state index contributed by atoms with van der Waals surface area (Å²) < 4.78 is 13.9. The minimum absolute atomic E-state index is 0.325. The average molecular weight is 245 g/mol. The second kappa shape index (κ2) is 4.44. The van der Waals surface area contributed by atoms with E-state index in [1.807, 2.05) is 12.1 Å². The van der Waals surface area contributed by atoms with Gasteiger partial charge in [0.1, 0.15) is 0 Å². The van der Waals surface area contributed by atoms with Crippen molar-refractivity contribution in [3.8, 4) is 0 Å². The van der Waals surface area contributed by atoms with Gasteiger partial charge in [-0.1, -0.05) is 12.8 Å². The van der Waals surface area contributed by atoms with E-state index in [1.54, 1.807) is 6.20 Å². The minimum Gasteiger partial charge on any atom is -0.398 e. The molecule has 4 heteroatoms. The van der Waals surface area contributed by atoms with Crippen molar-refractivity contribution in [2.24, 2.45) is 5.92 Å². The fourth-order valence-electron chi connectivity index (χ4n) is 2.21. The minimum atomic E-state index is -0.325. The molecule has 1 fully saturated rings. The number of anilines is 2. The van der Waals surface area contributed by atoms with Gasteiger partial charge >= 0.3 is 0 Å². The van der Waals surface area contributed by atoms with Crippen LogP contribution in [0.5, 0.6) is 0 Å². The molecule has 1 aliphatic carbocycles. The molecule has 0 unspecified atom stereocenters. The van der Waals surface area contributed by atoms with Gasteiger partial charge in [0.05, 0.1) is 11.2 Å². The lowest BCUT2D eigenvalue weighted by Gasteiger charge is -2.11. The van der Waals surface area contributed by atoms with E-state index in [0.29, 0.717) is 16.9 Å². The first kappa shape index (κ1) is 11.3. The Labute approximate surface area is 105 Å². The summed E-state index contributed by atoms with van der Waals surface area (Å²) in [4.78, 5) is 4.23.